The lowest BCUT2D eigenvalue weighted by atomic mass is 10.1. The van der Waals surface area contributed by atoms with Crippen LogP contribution in [0.15, 0.2) is 91.0 Å². The van der Waals surface area contributed by atoms with Crippen LogP contribution < -0.4 is 9.80 Å². The van der Waals surface area contributed by atoms with E-state index >= 15 is 0 Å². The van der Waals surface area contributed by atoms with Gasteiger partial charge >= 0.3 is 18.3 Å². The quantitative estimate of drug-likeness (QED) is 0.185. The Morgan fingerprint density at radius 2 is 0.969 bits per heavy atom. The normalized spacial score (nSPS) is 19.0. The Kier molecular flexibility index (Phi) is 16.9. The molecule has 0 bridgehead atoms. The highest BCUT2D eigenvalue weighted by Crippen LogP contribution is 2.34. The number of para-hydroxylation sites is 2. The number of likely N-dealkylation sites (N-methyl/N-ethyl adjacent to an activating group) is 1. The number of hydrogen-bond donors (Lipinski definition) is 0. The summed E-state index contributed by atoms with van der Waals surface area (Å²) in [6.45, 7) is 14.9. The zero-order valence-corrected chi connectivity index (χ0v) is 38.1. The molecule has 0 spiro atoms. The summed E-state index contributed by atoms with van der Waals surface area (Å²) in [4.78, 5) is 75.6. The van der Waals surface area contributed by atoms with Gasteiger partial charge in [-0.2, -0.15) is 0 Å². The summed E-state index contributed by atoms with van der Waals surface area (Å²) in [6, 6.07) is 28.4. The van der Waals surface area contributed by atoms with Gasteiger partial charge in [0.1, 0.15) is 17.8 Å². The third-order valence-electron chi connectivity index (χ3n) is 11.3. The summed E-state index contributed by atoms with van der Waals surface area (Å²) in [7, 11) is 2.06. The molecule has 4 aliphatic rings. The number of anilines is 2. The highest BCUT2D eigenvalue weighted by molar-refractivity contribution is 5.97. The maximum absolute atomic E-state index is 13.3. The molecule has 0 aromatic heterocycles. The van der Waals surface area contributed by atoms with E-state index in [0.29, 0.717) is 26.2 Å². The summed E-state index contributed by atoms with van der Waals surface area (Å²) in [5.74, 6) is 0.410. The zero-order valence-electron chi connectivity index (χ0n) is 38.1. The lowest BCUT2D eigenvalue weighted by Crippen LogP contribution is -2.61. The topological polar surface area (TPSA) is 132 Å². The number of benzene rings is 3. The Balaban J connectivity index is 0.000000247. The van der Waals surface area contributed by atoms with Crippen molar-refractivity contribution >= 4 is 41.5 Å². The van der Waals surface area contributed by atoms with Gasteiger partial charge in [-0.3, -0.25) is 19.4 Å². The van der Waals surface area contributed by atoms with E-state index in [2.05, 4.69) is 11.9 Å². The SMILES string of the molecule is C.CC(C)(C)OC(=O)N1CCN(C(=O)OCc2ccccc2)C(CN(C(=O)C2CC2)c2ccccc2)C1.CN1CCN(C(=O)OC(C)(C)C)CC1CN(C(=O)C1CC1)c1ccccc1. The van der Waals surface area contributed by atoms with E-state index in [1.165, 1.54) is 0 Å². The first-order chi connectivity index (χ1) is 30.0. The minimum absolute atomic E-state index is 0. The number of carbonyl (C=O) groups is 5. The van der Waals surface area contributed by atoms with Crippen molar-refractivity contribution in [2.45, 2.75) is 105 Å². The minimum atomic E-state index is -0.629. The van der Waals surface area contributed by atoms with Crippen LogP contribution in [0.3, 0.4) is 0 Å². The summed E-state index contributed by atoms with van der Waals surface area (Å²) in [5, 5.41) is 0. The monoisotopic (exact) mass is 883 g/mol. The standard InChI is InChI=1S/C28H35N3O5.C21H31N3O3.CH4/c1-28(2,3)36-26(33)29-16-17-30(27(34)35-20-21-10-6-4-7-11-21)24(18-29)19-31(25(32)22-14-15-22)23-12-8-5-9-13-23;1-21(2,3)27-20(26)23-13-12-22(4)18(14-23)15-24(19(25)16-10-11-16)17-8-6-5-7-9-17;/h4-13,22,24H,14-20H2,1-3H3;5-9,16,18H,10-15H2,1-4H3;1H4. The van der Waals surface area contributed by atoms with Crippen LogP contribution in [0.2, 0.25) is 0 Å². The van der Waals surface area contributed by atoms with Gasteiger partial charge in [0.15, 0.2) is 0 Å². The van der Waals surface area contributed by atoms with Gasteiger partial charge in [0.2, 0.25) is 11.8 Å². The number of ether oxygens (including phenoxy) is 3. The van der Waals surface area contributed by atoms with Crippen LogP contribution in [0.25, 0.3) is 0 Å². The first kappa shape index (κ1) is 49.4. The van der Waals surface area contributed by atoms with Crippen molar-refractivity contribution < 1.29 is 38.2 Å². The Bertz CT molecular complexity index is 2000. The maximum Gasteiger partial charge on any atom is 0.410 e. The van der Waals surface area contributed by atoms with Gasteiger partial charge in [0.25, 0.3) is 0 Å². The molecule has 14 nitrogen and oxygen atoms in total. The molecule has 4 fully saturated rings. The summed E-state index contributed by atoms with van der Waals surface area (Å²) in [5.41, 5.74) is 1.47. The molecule has 2 saturated heterocycles. The average Bonchev–Trinajstić information content (AvgIpc) is 4.19. The Labute approximate surface area is 380 Å². The van der Waals surface area contributed by atoms with E-state index in [9.17, 15) is 24.0 Å². The first-order valence-electron chi connectivity index (χ1n) is 22.3. The smallest absolute Gasteiger partial charge is 0.410 e. The van der Waals surface area contributed by atoms with Crippen LogP contribution in [-0.4, -0.2) is 132 Å². The van der Waals surface area contributed by atoms with Gasteiger partial charge < -0.3 is 33.8 Å². The van der Waals surface area contributed by atoms with Gasteiger partial charge in [-0.1, -0.05) is 74.2 Å². The fourth-order valence-electron chi connectivity index (χ4n) is 7.57. The van der Waals surface area contributed by atoms with Crippen molar-refractivity contribution in [3.8, 4) is 0 Å². The molecule has 3 aromatic carbocycles. The summed E-state index contributed by atoms with van der Waals surface area (Å²) in [6.07, 6.45) is 2.54. The minimum Gasteiger partial charge on any atom is -0.445 e. The first-order valence-corrected chi connectivity index (χ1v) is 22.3. The highest BCUT2D eigenvalue weighted by Gasteiger charge is 2.41. The third-order valence-corrected chi connectivity index (χ3v) is 11.3. The summed E-state index contributed by atoms with van der Waals surface area (Å²) < 4.78 is 16.7. The van der Waals surface area contributed by atoms with Crippen molar-refractivity contribution in [1.29, 1.82) is 0 Å². The number of piperazine rings is 2. The molecule has 14 heteroatoms. The predicted octanol–water partition coefficient (Wildman–Crippen LogP) is 8.30. The van der Waals surface area contributed by atoms with Crippen molar-refractivity contribution in [1.82, 2.24) is 19.6 Å². The second-order valence-electron chi connectivity index (χ2n) is 19.0. The molecular weight excluding hydrogens is 813 g/mol. The fourth-order valence-corrected chi connectivity index (χ4v) is 7.57. The van der Waals surface area contributed by atoms with Gasteiger partial charge in [0, 0.05) is 81.6 Å². The third kappa shape index (κ3) is 14.4. The van der Waals surface area contributed by atoms with Gasteiger partial charge in [0.05, 0.1) is 6.04 Å². The van der Waals surface area contributed by atoms with Crippen molar-refractivity contribution in [2.75, 3.05) is 69.2 Å². The Morgan fingerprint density at radius 3 is 1.41 bits per heavy atom. The number of carbonyl (C=O) groups excluding carboxylic acids is 5. The molecule has 0 radical (unpaired) electrons. The molecule has 2 unspecified atom stereocenters. The largest absolute Gasteiger partial charge is 0.445 e. The van der Waals surface area contributed by atoms with Crippen molar-refractivity contribution in [3.05, 3.63) is 96.6 Å². The molecule has 348 valence electrons. The van der Waals surface area contributed by atoms with E-state index < -0.39 is 29.4 Å². The molecule has 3 aromatic rings. The van der Waals surface area contributed by atoms with E-state index in [0.717, 1.165) is 49.2 Å². The fraction of sp³-hybridized carbons (Fsp3) is 0.540. The molecule has 2 atom stereocenters. The second kappa shape index (κ2) is 21.8. The Hall–Kier alpha value is -5.63. The lowest BCUT2D eigenvalue weighted by molar-refractivity contribution is -0.120. The molecule has 2 saturated carbocycles. The second-order valence-corrected chi connectivity index (χ2v) is 19.0. The molecule has 2 heterocycles. The van der Waals surface area contributed by atoms with Crippen LogP contribution >= 0.6 is 0 Å². The number of hydrogen-bond acceptors (Lipinski definition) is 9. The molecule has 64 heavy (non-hydrogen) atoms. The van der Waals surface area contributed by atoms with Crippen molar-refractivity contribution in [3.63, 3.8) is 0 Å². The van der Waals surface area contributed by atoms with Crippen LogP contribution in [0, 0.1) is 11.8 Å². The van der Waals surface area contributed by atoms with Crippen LogP contribution in [0.4, 0.5) is 25.8 Å². The van der Waals surface area contributed by atoms with E-state index in [4.69, 9.17) is 14.2 Å². The lowest BCUT2D eigenvalue weighted by Gasteiger charge is -2.42. The van der Waals surface area contributed by atoms with E-state index in [1.807, 2.05) is 137 Å². The number of rotatable bonds is 10. The van der Waals surface area contributed by atoms with E-state index in [-0.39, 0.29) is 69.5 Å². The van der Waals surface area contributed by atoms with Gasteiger partial charge in [-0.15, -0.1) is 0 Å². The predicted molar refractivity (Wildman–Crippen MR) is 249 cm³/mol. The molecule has 5 amide bonds. The van der Waals surface area contributed by atoms with Crippen LogP contribution in [0.1, 0.15) is 80.2 Å². The highest BCUT2D eigenvalue weighted by atomic mass is 16.6. The van der Waals surface area contributed by atoms with Crippen LogP contribution in [0.5, 0.6) is 0 Å². The van der Waals surface area contributed by atoms with Crippen molar-refractivity contribution in [2.24, 2.45) is 11.8 Å². The Morgan fingerprint density at radius 1 is 0.562 bits per heavy atom. The maximum atomic E-state index is 13.3. The molecular formula is C50H70N6O8. The molecule has 0 N–H and O–H groups in total. The number of nitrogens with zero attached hydrogens (tertiary/aromatic N) is 6. The van der Waals surface area contributed by atoms with Crippen LogP contribution in [-0.2, 0) is 30.4 Å². The van der Waals surface area contributed by atoms with E-state index in [1.54, 1.807) is 19.6 Å². The average molecular weight is 883 g/mol. The molecule has 2 aliphatic carbocycles. The molecule has 7 rings (SSSR count). The number of amides is 5. The van der Waals surface area contributed by atoms with Gasteiger partial charge in [-0.05, 0) is 104 Å². The van der Waals surface area contributed by atoms with Gasteiger partial charge in [-0.25, -0.2) is 14.4 Å². The zero-order chi connectivity index (χ0) is 45.3. The summed E-state index contributed by atoms with van der Waals surface area (Å²) >= 11 is 0. The molecule has 2 aliphatic heterocycles.